The van der Waals surface area contributed by atoms with Gasteiger partial charge in [-0.2, -0.15) is 0 Å². The largest absolute Gasteiger partial charge is 0.374 e. The first-order valence-corrected chi connectivity index (χ1v) is 17.1. The van der Waals surface area contributed by atoms with Crippen molar-refractivity contribution in [3.8, 4) is 11.3 Å². The van der Waals surface area contributed by atoms with Crippen LogP contribution in [0.3, 0.4) is 0 Å². The number of hydrogen-bond acceptors (Lipinski definition) is 6. The second-order valence-electron chi connectivity index (χ2n) is 11.3. The monoisotopic (exact) mass is 795 g/mol. The molecule has 256 valence electrons. The van der Waals surface area contributed by atoms with E-state index in [4.69, 9.17) is 53.8 Å². The van der Waals surface area contributed by atoms with Crippen molar-refractivity contribution in [1.82, 2.24) is 15.0 Å². The van der Waals surface area contributed by atoms with Crippen molar-refractivity contribution in [1.29, 1.82) is 0 Å². The Bertz CT molecular complexity index is 1830. The molecule has 0 spiro atoms. The minimum Gasteiger partial charge on any atom is -0.374 e. The van der Waals surface area contributed by atoms with E-state index in [1.54, 1.807) is 36.4 Å². The van der Waals surface area contributed by atoms with Crippen LogP contribution >= 0.6 is 50.7 Å². The summed E-state index contributed by atoms with van der Waals surface area (Å²) in [5.74, 6) is -4.26. The number of halogens is 7. The summed E-state index contributed by atoms with van der Waals surface area (Å²) in [5, 5.41) is 9.61. The van der Waals surface area contributed by atoms with Crippen molar-refractivity contribution in [2.24, 2.45) is 0 Å². The van der Waals surface area contributed by atoms with Gasteiger partial charge >= 0.3 is 0 Å². The predicted molar refractivity (Wildman–Crippen MR) is 183 cm³/mol. The molecule has 1 aliphatic rings. The summed E-state index contributed by atoms with van der Waals surface area (Å²) >= 11 is 21.9. The molecule has 0 bridgehead atoms. The third-order valence-corrected chi connectivity index (χ3v) is 9.37. The molecular weight excluding hydrogens is 770 g/mol. The highest BCUT2D eigenvalue weighted by Crippen LogP contribution is 2.38. The van der Waals surface area contributed by atoms with E-state index in [9.17, 15) is 13.2 Å². The third-order valence-electron chi connectivity index (χ3n) is 7.87. The van der Waals surface area contributed by atoms with Crippen LogP contribution in [0.15, 0.2) is 91.1 Å². The lowest BCUT2D eigenvalue weighted by Gasteiger charge is -2.44. The second kappa shape index (κ2) is 16.3. The molecular formula is C35H28BrCl3F3N3O4. The van der Waals surface area contributed by atoms with Gasteiger partial charge in [0.15, 0.2) is 17.5 Å². The number of benzene rings is 4. The highest BCUT2D eigenvalue weighted by Gasteiger charge is 2.48. The maximum absolute atomic E-state index is 14.2. The topological polar surface area (TPSA) is 67.6 Å². The lowest BCUT2D eigenvalue weighted by molar-refractivity contribution is -0.216. The Kier molecular flexibility index (Phi) is 11.9. The maximum Gasteiger partial charge on any atom is 0.194 e. The average molecular weight is 798 g/mol. The third kappa shape index (κ3) is 9.03. The van der Waals surface area contributed by atoms with Crippen LogP contribution < -0.4 is 0 Å². The summed E-state index contributed by atoms with van der Waals surface area (Å²) in [5.41, 5.74) is 2.73. The van der Waals surface area contributed by atoms with Crippen LogP contribution in [0.5, 0.6) is 0 Å². The van der Waals surface area contributed by atoms with Gasteiger partial charge in [-0.25, -0.2) is 17.9 Å². The zero-order valence-electron chi connectivity index (χ0n) is 25.5. The number of aromatic nitrogens is 3. The quantitative estimate of drug-likeness (QED) is 0.0927. The van der Waals surface area contributed by atoms with Gasteiger partial charge in [-0.3, -0.25) is 0 Å². The Morgan fingerprint density at radius 1 is 0.714 bits per heavy atom. The van der Waals surface area contributed by atoms with Gasteiger partial charge in [0.05, 0.1) is 32.6 Å². The Morgan fingerprint density at radius 3 is 1.73 bits per heavy atom. The molecule has 4 aromatic carbocycles. The zero-order valence-corrected chi connectivity index (χ0v) is 29.3. The van der Waals surface area contributed by atoms with E-state index in [2.05, 4.69) is 26.2 Å². The molecule has 0 N–H and O–H groups in total. The fourth-order valence-electron chi connectivity index (χ4n) is 5.38. The first-order valence-electron chi connectivity index (χ1n) is 15.0. The van der Waals surface area contributed by atoms with Crippen LogP contribution in [-0.2, 0) is 38.8 Å². The number of ether oxygens (including phenoxy) is 4. The molecule has 1 aromatic heterocycles. The SMILES string of the molecule is Fc1cc(-c2cn([C@H]3[C@@H](OCc4ccc(Cl)cc4)[C@@H](COCc4ccc(Cl)cc4)OC(Br)[C@@H]3OCc3ccc(Cl)cc3)nn2)cc(F)c1F. The van der Waals surface area contributed by atoms with Gasteiger partial charge in [-0.1, -0.05) is 92.3 Å². The van der Waals surface area contributed by atoms with Crippen LogP contribution in [-0.4, -0.2) is 44.9 Å². The summed E-state index contributed by atoms with van der Waals surface area (Å²) in [4.78, 5) is 0. The van der Waals surface area contributed by atoms with E-state index in [1.165, 1.54) is 10.9 Å². The number of hydrogen-bond donors (Lipinski definition) is 0. The van der Waals surface area contributed by atoms with Gasteiger partial charge in [0.25, 0.3) is 0 Å². The van der Waals surface area contributed by atoms with E-state index >= 15 is 0 Å². The van der Waals surface area contributed by atoms with Crippen molar-refractivity contribution in [2.75, 3.05) is 6.61 Å². The van der Waals surface area contributed by atoms with Gasteiger partial charge in [0.1, 0.15) is 35.1 Å². The average Bonchev–Trinajstić information content (AvgIpc) is 3.58. The van der Waals surface area contributed by atoms with E-state index in [1.807, 2.05) is 36.4 Å². The van der Waals surface area contributed by atoms with Gasteiger partial charge in [0.2, 0.25) is 0 Å². The lowest BCUT2D eigenvalue weighted by atomic mass is 9.96. The molecule has 1 fully saturated rings. The van der Waals surface area contributed by atoms with E-state index < -0.39 is 46.8 Å². The molecule has 2 heterocycles. The molecule has 0 radical (unpaired) electrons. The van der Waals surface area contributed by atoms with Gasteiger partial charge in [0, 0.05) is 20.6 Å². The number of nitrogens with zero attached hydrogens (tertiary/aromatic N) is 3. The summed E-state index contributed by atoms with van der Waals surface area (Å²) in [6.07, 6.45) is -0.626. The summed E-state index contributed by atoms with van der Waals surface area (Å²) < 4.78 is 69.2. The molecule has 0 saturated carbocycles. The van der Waals surface area contributed by atoms with Gasteiger partial charge in [-0.05, 0) is 65.2 Å². The van der Waals surface area contributed by atoms with Crippen molar-refractivity contribution < 1.29 is 32.1 Å². The van der Waals surface area contributed by atoms with Crippen LogP contribution in [0.4, 0.5) is 13.2 Å². The van der Waals surface area contributed by atoms with E-state index in [0.29, 0.717) is 15.1 Å². The highest BCUT2D eigenvalue weighted by atomic mass is 79.9. The van der Waals surface area contributed by atoms with Crippen molar-refractivity contribution in [3.63, 3.8) is 0 Å². The van der Waals surface area contributed by atoms with Gasteiger partial charge < -0.3 is 18.9 Å². The molecule has 1 aliphatic heterocycles. The molecule has 49 heavy (non-hydrogen) atoms. The predicted octanol–water partition coefficient (Wildman–Crippen LogP) is 9.37. The molecule has 7 nitrogen and oxygen atoms in total. The van der Waals surface area contributed by atoms with Crippen molar-refractivity contribution in [2.45, 2.75) is 49.2 Å². The minimum atomic E-state index is -1.57. The fourth-order valence-corrected chi connectivity index (χ4v) is 6.50. The summed E-state index contributed by atoms with van der Waals surface area (Å²) in [6.45, 7) is 0.750. The normalized spacial score (nSPS) is 20.8. The second-order valence-corrected chi connectivity index (χ2v) is 13.5. The Morgan fingerprint density at radius 2 is 1.20 bits per heavy atom. The number of rotatable bonds is 12. The minimum absolute atomic E-state index is 0.00483. The first-order chi connectivity index (χ1) is 23.6. The first kappa shape index (κ1) is 35.8. The van der Waals surface area contributed by atoms with Crippen LogP contribution in [0.2, 0.25) is 15.1 Å². The van der Waals surface area contributed by atoms with Gasteiger partial charge in [-0.15, -0.1) is 5.10 Å². The molecule has 14 heteroatoms. The van der Waals surface area contributed by atoms with Crippen molar-refractivity contribution in [3.05, 3.63) is 140 Å². The molecule has 6 rings (SSSR count). The summed E-state index contributed by atoms with van der Waals surface area (Å²) in [6, 6.07) is 22.7. The molecule has 5 atom stereocenters. The molecule has 0 amide bonds. The summed E-state index contributed by atoms with van der Waals surface area (Å²) in [7, 11) is 0. The molecule has 5 aromatic rings. The van der Waals surface area contributed by atoms with Crippen molar-refractivity contribution >= 4 is 50.7 Å². The Balaban J connectivity index is 1.33. The fraction of sp³-hybridized carbons (Fsp3) is 0.257. The standard InChI is InChI=1S/C35H28BrCl3F3N3O4/c36-35-34(48-18-22-5-11-26(39)12-6-22)32(45-15-29(43-44-45)23-13-27(40)31(42)28(41)14-23)33(47-17-21-3-9-25(38)10-4-21)30(49-35)19-46-16-20-1-7-24(37)8-2-20/h1-15,30,32-35H,16-19H2/t30-,32+,33+,34-,35?/m1/s1. The van der Waals surface area contributed by atoms with E-state index in [-0.39, 0.29) is 37.7 Å². The van der Waals surface area contributed by atoms with E-state index in [0.717, 1.165) is 28.8 Å². The maximum atomic E-state index is 14.2. The van der Waals surface area contributed by atoms with Crippen LogP contribution in [0.1, 0.15) is 22.7 Å². The highest BCUT2D eigenvalue weighted by molar-refractivity contribution is 9.09. The smallest absolute Gasteiger partial charge is 0.194 e. The molecule has 1 saturated heterocycles. The zero-order chi connectivity index (χ0) is 34.5. The number of alkyl halides is 1. The lowest BCUT2D eigenvalue weighted by Crippen LogP contribution is -2.56. The molecule has 0 aliphatic carbocycles. The van der Waals surface area contributed by atoms with Crippen LogP contribution in [0, 0.1) is 17.5 Å². The molecule has 1 unspecified atom stereocenters. The van der Waals surface area contributed by atoms with Crippen LogP contribution in [0.25, 0.3) is 11.3 Å². The Labute approximate surface area is 303 Å². The Hall–Kier alpha value is -3.00.